The quantitative estimate of drug-likeness (QED) is 0.745. The Labute approximate surface area is 141 Å². The maximum atomic E-state index is 13.0. The fourth-order valence-electron chi connectivity index (χ4n) is 4.66. The molecule has 0 spiro atoms. The van der Waals surface area contributed by atoms with Crippen molar-refractivity contribution in [3.63, 3.8) is 0 Å². The maximum Gasteiger partial charge on any atom is 0.226 e. The molecule has 1 heterocycles. The summed E-state index contributed by atoms with van der Waals surface area (Å²) in [6, 6.07) is 9.07. The molecule has 3 fully saturated rings. The molecule has 0 aromatic heterocycles. The molecule has 1 saturated heterocycles. The SMILES string of the molecule is O=C(C1CC1c1ccc(Br)cc1)N1CCCC2CCCCC21. The van der Waals surface area contributed by atoms with E-state index < -0.39 is 0 Å². The highest BCUT2D eigenvalue weighted by Gasteiger charge is 2.48. The summed E-state index contributed by atoms with van der Waals surface area (Å²) in [6.07, 6.45) is 8.87. The first kappa shape index (κ1) is 14.7. The summed E-state index contributed by atoms with van der Waals surface area (Å²) >= 11 is 3.48. The highest BCUT2D eigenvalue weighted by atomic mass is 79.9. The Balaban J connectivity index is 1.45. The van der Waals surface area contributed by atoms with Crippen LogP contribution in [0.4, 0.5) is 0 Å². The Morgan fingerprint density at radius 2 is 1.77 bits per heavy atom. The molecule has 0 N–H and O–H groups in total. The Hall–Kier alpha value is -0.830. The molecule has 4 rings (SSSR count). The number of halogens is 1. The summed E-state index contributed by atoms with van der Waals surface area (Å²) in [4.78, 5) is 15.3. The predicted octanol–water partition coefficient (Wildman–Crippen LogP) is 4.73. The lowest BCUT2D eigenvalue weighted by atomic mass is 9.78. The summed E-state index contributed by atoms with van der Waals surface area (Å²) in [6.45, 7) is 1.00. The molecule has 0 radical (unpaired) electrons. The molecule has 118 valence electrons. The number of carbonyl (C=O) groups is 1. The van der Waals surface area contributed by atoms with Crippen LogP contribution < -0.4 is 0 Å². The second-order valence-corrected chi connectivity index (χ2v) is 8.20. The molecule has 22 heavy (non-hydrogen) atoms. The first-order chi connectivity index (χ1) is 10.7. The van der Waals surface area contributed by atoms with Gasteiger partial charge in [0.2, 0.25) is 5.91 Å². The third kappa shape index (κ3) is 2.73. The topological polar surface area (TPSA) is 20.3 Å². The van der Waals surface area contributed by atoms with Crippen LogP contribution in [0.3, 0.4) is 0 Å². The van der Waals surface area contributed by atoms with Crippen LogP contribution in [0.2, 0.25) is 0 Å². The number of piperidine rings is 1. The maximum absolute atomic E-state index is 13.0. The molecule has 1 aromatic rings. The minimum Gasteiger partial charge on any atom is -0.339 e. The van der Waals surface area contributed by atoms with E-state index in [1.807, 2.05) is 0 Å². The van der Waals surface area contributed by atoms with Crippen molar-refractivity contribution in [2.75, 3.05) is 6.54 Å². The molecule has 1 aliphatic heterocycles. The van der Waals surface area contributed by atoms with E-state index in [0.29, 0.717) is 17.9 Å². The minimum absolute atomic E-state index is 0.252. The number of benzene rings is 1. The molecule has 4 unspecified atom stereocenters. The van der Waals surface area contributed by atoms with E-state index in [1.54, 1.807) is 0 Å². The van der Waals surface area contributed by atoms with Gasteiger partial charge in [0, 0.05) is 23.0 Å². The molecule has 1 aromatic carbocycles. The van der Waals surface area contributed by atoms with Crippen molar-refractivity contribution in [2.45, 2.75) is 56.9 Å². The number of rotatable bonds is 2. The molecule has 1 amide bonds. The average Bonchev–Trinajstić information content (AvgIpc) is 3.35. The number of carbonyl (C=O) groups excluding carboxylic acids is 1. The highest BCUT2D eigenvalue weighted by molar-refractivity contribution is 9.10. The molecule has 2 nitrogen and oxygen atoms in total. The summed E-state index contributed by atoms with van der Waals surface area (Å²) in [7, 11) is 0. The third-order valence-corrected chi connectivity index (χ3v) is 6.46. The number of hydrogen-bond acceptors (Lipinski definition) is 1. The van der Waals surface area contributed by atoms with Crippen LogP contribution in [-0.4, -0.2) is 23.4 Å². The minimum atomic E-state index is 0.252. The lowest BCUT2D eigenvalue weighted by Gasteiger charge is -2.44. The third-order valence-electron chi connectivity index (χ3n) is 5.93. The number of amides is 1. The lowest BCUT2D eigenvalue weighted by Crippen LogP contribution is -2.50. The van der Waals surface area contributed by atoms with Gasteiger partial charge in [-0.3, -0.25) is 4.79 Å². The van der Waals surface area contributed by atoms with Crippen molar-refractivity contribution in [3.05, 3.63) is 34.3 Å². The van der Waals surface area contributed by atoms with Crippen LogP contribution in [0.25, 0.3) is 0 Å². The van der Waals surface area contributed by atoms with Gasteiger partial charge in [-0.1, -0.05) is 40.9 Å². The van der Waals surface area contributed by atoms with Gasteiger partial charge < -0.3 is 4.90 Å². The van der Waals surface area contributed by atoms with Crippen molar-refractivity contribution < 1.29 is 4.79 Å². The largest absolute Gasteiger partial charge is 0.339 e. The zero-order chi connectivity index (χ0) is 15.1. The van der Waals surface area contributed by atoms with Crippen molar-refractivity contribution in [1.29, 1.82) is 0 Å². The van der Waals surface area contributed by atoms with E-state index in [2.05, 4.69) is 45.1 Å². The first-order valence-electron chi connectivity index (χ1n) is 8.80. The van der Waals surface area contributed by atoms with Crippen LogP contribution in [0.15, 0.2) is 28.7 Å². The number of fused-ring (bicyclic) bond motifs is 1. The molecule has 2 aliphatic carbocycles. The van der Waals surface area contributed by atoms with Gasteiger partial charge in [0.25, 0.3) is 0 Å². The van der Waals surface area contributed by atoms with E-state index in [4.69, 9.17) is 0 Å². The van der Waals surface area contributed by atoms with Gasteiger partial charge in [0.1, 0.15) is 0 Å². The summed E-state index contributed by atoms with van der Waals surface area (Å²) < 4.78 is 1.11. The zero-order valence-corrected chi connectivity index (χ0v) is 14.6. The summed E-state index contributed by atoms with van der Waals surface area (Å²) in [5.74, 6) is 1.95. The second-order valence-electron chi connectivity index (χ2n) is 7.29. The van der Waals surface area contributed by atoms with Crippen molar-refractivity contribution >= 4 is 21.8 Å². The molecule has 0 bridgehead atoms. The Kier molecular flexibility index (Phi) is 4.02. The van der Waals surface area contributed by atoms with Gasteiger partial charge in [0.15, 0.2) is 0 Å². The number of likely N-dealkylation sites (tertiary alicyclic amines) is 1. The van der Waals surface area contributed by atoms with E-state index in [-0.39, 0.29) is 5.92 Å². The fourth-order valence-corrected chi connectivity index (χ4v) is 4.92. The molecular weight excluding hydrogens is 338 g/mol. The summed E-state index contributed by atoms with van der Waals surface area (Å²) in [5, 5.41) is 0. The standard InChI is InChI=1S/C19H24BrNO/c20-15-9-7-13(8-10-15)16-12-17(16)19(22)21-11-3-5-14-4-1-2-6-18(14)21/h7-10,14,16-18H,1-6,11-12H2. The average molecular weight is 362 g/mol. The van der Waals surface area contributed by atoms with Gasteiger partial charge in [-0.25, -0.2) is 0 Å². The van der Waals surface area contributed by atoms with Crippen LogP contribution in [0, 0.1) is 11.8 Å². The number of nitrogens with zero attached hydrogens (tertiary/aromatic N) is 1. The molecular formula is C19H24BrNO. The zero-order valence-electron chi connectivity index (χ0n) is 13.0. The summed E-state index contributed by atoms with van der Waals surface area (Å²) in [5.41, 5.74) is 1.33. The van der Waals surface area contributed by atoms with E-state index in [1.165, 1.54) is 44.1 Å². The van der Waals surface area contributed by atoms with Crippen LogP contribution in [-0.2, 0) is 4.79 Å². The van der Waals surface area contributed by atoms with Crippen LogP contribution in [0.5, 0.6) is 0 Å². The van der Waals surface area contributed by atoms with Gasteiger partial charge in [0.05, 0.1) is 0 Å². The van der Waals surface area contributed by atoms with Gasteiger partial charge >= 0.3 is 0 Å². The van der Waals surface area contributed by atoms with E-state index in [9.17, 15) is 4.79 Å². The van der Waals surface area contributed by atoms with Gasteiger partial charge in [-0.2, -0.15) is 0 Å². The Morgan fingerprint density at radius 3 is 2.59 bits per heavy atom. The molecule has 3 aliphatic rings. The van der Waals surface area contributed by atoms with Gasteiger partial charge in [-0.05, 0) is 61.6 Å². The van der Waals surface area contributed by atoms with E-state index in [0.717, 1.165) is 23.4 Å². The van der Waals surface area contributed by atoms with Crippen molar-refractivity contribution in [1.82, 2.24) is 4.90 Å². The van der Waals surface area contributed by atoms with Gasteiger partial charge in [-0.15, -0.1) is 0 Å². The predicted molar refractivity (Wildman–Crippen MR) is 91.7 cm³/mol. The van der Waals surface area contributed by atoms with Crippen LogP contribution >= 0.6 is 15.9 Å². The first-order valence-corrected chi connectivity index (χ1v) is 9.59. The Bertz CT molecular complexity index is 553. The highest BCUT2D eigenvalue weighted by Crippen LogP contribution is 2.50. The molecule has 2 saturated carbocycles. The monoisotopic (exact) mass is 361 g/mol. The molecule has 3 heteroatoms. The second kappa shape index (κ2) is 5.99. The normalized spacial score (nSPS) is 34.1. The van der Waals surface area contributed by atoms with Crippen molar-refractivity contribution in [2.24, 2.45) is 11.8 Å². The smallest absolute Gasteiger partial charge is 0.226 e. The van der Waals surface area contributed by atoms with E-state index >= 15 is 0 Å². The van der Waals surface area contributed by atoms with Crippen molar-refractivity contribution in [3.8, 4) is 0 Å². The number of hydrogen-bond donors (Lipinski definition) is 0. The fraction of sp³-hybridized carbons (Fsp3) is 0.632. The lowest BCUT2D eigenvalue weighted by molar-refractivity contribution is -0.139. The molecule has 4 atom stereocenters. The van der Waals surface area contributed by atoms with Crippen LogP contribution in [0.1, 0.15) is 56.4 Å². The Morgan fingerprint density at radius 1 is 1.05 bits per heavy atom.